The molecule has 48 heavy (non-hydrogen) atoms. The van der Waals surface area contributed by atoms with Crippen LogP contribution < -0.4 is 10.6 Å². The van der Waals surface area contributed by atoms with E-state index in [1.807, 2.05) is 0 Å². The van der Waals surface area contributed by atoms with Crippen molar-refractivity contribution in [2.75, 3.05) is 47.5 Å². The topological polar surface area (TPSA) is 124 Å². The second-order valence-electron chi connectivity index (χ2n) is 17.6. The molecule has 10 nitrogen and oxygen atoms in total. The molecule has 4 N–H and O–H groups in total. The maximum atomic E-state index is 14.1. The molecule has 0 aromatic rings. The van der Waals surface area contributed by atoms with Gasteiger partial charge in [-0.15, -0.1) is 0 Å². The predicted octanol–water partition coefficient (Wildman–Crippen LogP) is 3.70. The molecule has 6 fully saturated rings. The molecular weight excluding hydrogens is 608 g/mol. The van der Waals surface area contributed by atoms with Crippen molar-refractivity contribution in [3.63, 3.8) is 0 Å². The van der Waals surface area contributed by atoms with E-state index in [4.69, 9.17) is 9.57 Å². The summed E-state index contributed by atoms with van der Waals surface area (Å²) in [6.07, 6.45) is 8.42. The van der Waals surface area contributed by atoms with E-state index >= 15 is 0 Å². The van der Waals surface area contributed by atoms with Crippen LogP contribution in [0.4, 0.5) is 0 Å². The van der Waals surface area contributed by atoms with Crippen LogP contribution in [0, 0.1) is 58.7 Å². The van der Waals surface area contributed by atoms with Gasteiger partial charge in [-0.3, -0.25) is 14.4 Å². The van der Waals surface area contributed by atoms with Gasteiger partial charge in [-0.2, -0.15) is 5.06 Å². The molecule has 13 atom stereocenters. The highest BCUT2D eigenvalue weighted by molar-refractivity contribution is 5.82. The standard InChI is InChI=1S/C38H68N4O6/c1-22(2)12-13-39-36(45)26-14-25(15-28(16-26)41(6)7)29-11-9-10-24(35(29)47-8)19-42-34(30(20-43)33(21-44)48-42)37(46)40-32-18-27-17-31(23(32)3)38(27,4)5/h22-35,43-44H,9-21H2,1-8H3,(H,39,45)(H,40,46)/t23-,24?,25?,26?,27+,28?,29?,30+,31-,32-,33-,34-,35?/m0/s1. The molecule has 6 unspecified atom stereocenters. The zero-order chi connectivity index (χ0) is 34.9. The molecule has 10 heteroatoms. The van der Waals surface area contributed by atoms with Crippen LogP contribution in [-0.2, 0) is 19.2 Å². The number of amides is 2. The highest BCUT2D eigenvalue weighted by Gasteiger charge is 2.57. The summed E-state index contributed by atoms with van der Waals surface area (Å²) in [5, 5.41) is 29.1. The lowest BCUT2D eigenvalue weighted by molar-refractivity contribution is -0.193. The molecular formula is C38H68N4O6. The van der Waals surface area contributed by atoms with Gasteiger partial charge in [0, 0.05) is 50.0 Å². The number of hydrogen-bond donors (Lipinski definition) is 4. The number of fused-ring (bicyclic) bond motifs is 2. The van der Waals surface area contributed by atoms with Gasteiger partial charge in [0.25, 0.3) is 0 Å². The first-order valence-corrected chi connectivity index (χ1v) is 19.2. The Hall–Kier alpha value is -1.30. The van der Waals surface area contributed by atoms with Crippen LogP contribution >= 0.6 is 0 Å². The molecule has 2 bridgehead atoms. The molecule has 2 amide bonds. The van der Waals surface area contributed by atoms with Gasteiger partial charge >= 0.3 is 0 Å². The fourth-order valence-corrected chi connectivity index (χ4v) is 10.7. The largest absolute Gasteiger partial charge is 0.396 e. The summed E-state index contributed by atoms with van der Waals surface area (Å²) in [6, 6.07) is -0.219. The first kappa shape index (κ1) is 37.9. The summed E-state index contributed by atoms with van der Waals surface area (Å²) < 4.78 is 6.34. The van der Waals surface area contributed by atoms with Crippen LogP contribution in [0.3, 0.4) is 0 Å². The molecule has 5 saturated carbocycles. The number of methoxy groups -OCH3 is 1. The lowest BCUT2D eigenvalue weighted by Gasteiger charge is -2.62. The number of hydroxylamine groups is 2. The number of aliphatic hydroxyl groups excluding tert-OH is 2. The third-order valence-corrected chi connectivity index (χ3v) is 13.9. The molecule has 6 rings (SSSR count). The number of carbonyl (C=O) groups is 2. The second-order valence-corrected chi connectivity index (χ2v) is 17.6. The molecule has 5 aliphatic carbocycles. The minimum absolute atomic E-state index is 0.00870. The fourth-order valence-electron chi connectivity index (χ4n) is 10.7. The SMILES string of the molecule is COC1C(CN2O[C@@H](CO)[C@@H](CO)[C@H]2C(=O)N[C@H]2C[C@H]3C[C@@H]([C@@H]2C)C3(C)C)CCCC1C1CC(C(=O)NCCC(C)C)CC(N(C)C)C1. The summed E-state index contributed by atoms with van der Waals surface area (Å²) in [6.45, 7) is 12.1. The van der Waals surface area contributed by atoms with E-state index < -0.39 is 18.1 Å². The van der Waals surface area contributed by atoms with Gasteiger partial charge in [0.05, 0.1) is 19.3 Å². The summed E-state index contributed by atoms with van der Waals surface area (Å²) >= 11 is 0. The van der Waals surface area contributed by atoms with E-state index in [0.29, 0.717) is 53.5 Å². The average molecular weight is 677 g/mol. The average Bonchev–Trinajstić information content (AvgIpc) is 3.41. The third kappa shape index (κ3) is 7.79. The highest BCUT2D eigenvalue weighted by atomic mass is 16.7. The van der Waals surface area contributed by atoms with Gasteiger partial charge in [0.2, 0.25) is 11.8 Å². The summed E-state index contributed by atoms with van der Waals surface area (Å²) in [5.74, 6) is 2.54. The Kier molecular flexibility index (Phi) is 12.6. The van der Waals surface area contributed by atoms with Crippen molar-refractivity contribution in [1.82, 2.24) is 20.6 Å². The number of ether oxygens (including phenoxy) is 1. The fraction of sp³-hybridized carbons (Fsp3) is 0.947. The number of nitrogens with one attached hydrogen (secondary N) is 2. The van der Waals surface area contributed by atoms with Crippen LogP contribution in [-0.4, -0.2) is 110 Å². The maximum Gasteiger partial charge on any atom is 0.240 e. The Labute approximate surface area is 290 Å². The molecule has 0 aromatic heterocycles. The zero-order valence-corrected chi connectivity index (χ0v) is 31.2. The second kappa shape index (κ2) is 15.9. The third-order valence-electron chi connectivity index (χ3n) is 13.9. The first-order chi connectivity index (χ1) is 22.8. The van der Waals surface area contributed by atoms with Gasteiger partial charge in [0.15, 0.2) is 0 Å². The lowest BCUT2D eigenvalue weighted by Crippen LogP contribution is -2.62. The molecule has 0 spiro atoms. The number of aliphatic hydroxyl groups is 2. The van der Waals surface area contributed by atoms with Crippen LogP contribution in [0.15, 0.2) is 0 Å². The normalized spacial score (nSPS) is 41.3. The quantitative estimate of drug-likeness (QED) is 0.233. The summed E-state index contributed by atoms with van der Waals surface area (Å²) in [4.78, 5) is 36.1. The summed E-state index contributed by atoms with van der Waals surface area (Å²) in [5.41, 5.74) is 0.327. The van der Waals surface area contributed by atoms with E-state index in [-0.39, 0.29) is 49.0 Å². The van der Waals surface area contributed by atoms with Crippen molar-refractivity contribution < 1.29 is 29.4 Å². The van der Waals surface area contributed by atoms with Crippen molar-refractivity contribution in [3.05, 3.63) is 0 Å². The van der Waals surface area contributed by atoms with Gasteiger partial charge in [-0.05, 0) is 106 Å². The highest BCUT2D eigenvalue weighted by Crippen LogP contribution is 2.61. The van der Waals surface area contributed by atoms with Crippen molar-refractivity contribution in [2.45, 2.75) is 123 Å². The van der Waals surface area contributed by atoms with Crippen molar-refractivity contribution >= 4 is 11.8 Å². The Morgan fingerprint density at radius 2 is 1.79 bits per heavy atom. The van der Waals surface area contributed by atoms with E-state index in [2.05, 4.69) is 64.2 Å². The Balaban J connectivity index is 1.29. The number of carbonyl (C=O) groups excluding carboxylic acids is 2. The van der Waals surface area contributed by atoms with Crippen LogP contribution in [0.5, 0.6) is 0 Å². The van der Waals surface area contributed by atoms with E-state index in [1.54, 1.807) is 12.2 Å². The van der Waals surface area contributed by atoms with Crippen LogP contribution in [0.2, 0.25) is 0 Å². The number of nitrogens with zero attached hydrogens (tertiary/aromatic N) is 2. The zero-order valence-electron chi connectivity index (χ0n) is 31.2. The van der Waals surface area contributed by atoms with Gasteiger partial charge in [0.1, 0.15) is 12.1 Å². The molecule has 0 aromatic carbocycles. The van der Waals surface area contributed by atoms with E-state index in [1.165, 1.54) is 6.42 Å². The first-order valence-electron chi connectivity index (χ1n) is 19.2. The minimum Gasteiger partial charge on any atom is -0.396 e. The lowest BCUT2D eigenvalue weighted by atomic mass is 9.45. The van der Waals surface area contributed by atoms with E-state index in [0.717, 1.165) is 57.9 Å². The maximum absolute atomic E-state index is 14.1. The minimum atomic E-state index is -0.671. The van der Waals surface area contributed by atoms with Crippen LogP contribution in [0.25, 0.3) is 0 Å². The Morgan fingerprint density at radius 1 is 1.04 bits per heavy atom. The monoisotopic (exact) mass is 677 g/mol. The number of rotatable bonds is 13. The Bertz CT molecular complexity index is 1090. The summed E-state index contributed by atoms with van der Waals surface area (Å²) in [7, 11) is 6.06. The van der Waals surface area contributed by atoms with Gasteiger partial charge < -0.3 is 30.5 Å². The Morgan fingerprint density at radius 3 is 2.40 bits per heavy atom. The van der Waals surface area contributed by atoms with Gasteiger partial charge in [-0.1, -0.05) is 41.0 Å². The molecule has 276 valence electrons. The molecule has 1 heterocycles. The molecule has 0 radical (unpaired) electrons. The van der Waals surface area contributed by atoms with E-state index in [9.17, 15) is 19.8 Å². The number of hydrogen-bond acceptors (Lipinski definition) is 8. The molecule has 6 aliphatic rings. The van der Waals surface area contributed by atoms with Crippen molar-refractivity contribution in [1.29, 1.82) is 0 Å². The molecule has 1 aliphatic heterocycles. The smallest absolute Gasteiger partial charge is 0.240 e. The molecule has 1 saturated heterocycles. The van der Waals surface area contributed by atoms with Crippen molar-refractivity contribution in [3.8, 4) is 0 Å². The van der Waals surface area contributed by atoms with Gasteiger partial charge in [-0.25, -0.2) is 0 Å². The van der Waals surface area contributed by atoms with Crippen molar-refractivity contribution in [2.24, 2.45) is 58.7 Å². The predicted molar refractivity (Wildman–Crippen MR) is 187 cm³/mol. The van der Waals surface area contributed by atoms with Crippen LogP contribution in [0.1, 0.15) is 92.4 Å².